The van der Waals surface area contributed by atoms with Crippen LogP contribution in [0.4, 0.5) is 4.79 Å². The Labute approximate surface area is 187 Å². The molecular weight excluding hydrogens is 424 g/mol. The first-order valence-electron chi connectivity index (χ1n) is 10.2. The predicted molar refractivity (Wildman–Crippen MR) is 122 cm³/mol. The second-order valence-electron chi connectivity index (χ2n) is 7.59. The molecule has 0 fully saturated rings. The molecule has 1 unspecified atom stereocenters. The van der Waals surface area contributed by atoms with Crippen molar-refractivity contribution in [3.8, 4) is 0 Å². The van der Waals surface area contributed by atoms with Crippen LogP contribution in [0.25, 0.3) is 11.2 Å². The molecule has 2 aromatic carbocycles. The zero-order chi connectivity index (χ0) is 23.5. The molecule has 2 aromatic heterocycles. The predicted octanol–water partition coefficient (Wildman–Crippen LogP) is 1.21. The third-order valence-corrected chi connectivity index (χ3v) is 5.32. The smallest absolute Gasteiger partial charge is 0.333 e. The number of hydrogen-bond donors (Lipinski definition) is 2. The Bertz CT molecular complexity index is 1440. The highest BCUT2D eigenvalue weighted by Crippen LogP contribution is 2.13. The molecule has 0 bridgehead atoms. The topological polar surface area (TPSA) is 134 Å². The van der Waals surface area contributed by atoms with Gasteiger partial charge in [-0.05, 0) is 18.1 Å². The summed E-state index contributed by atoms with van der Waals surface area (Å²) in [7, 11) is 0. The molecule has 10 nitrogen and oxygen atoms in total. The molecule has 2 heterocycles. The number of rotatable bonds is 6. The fourth-order valence-corrected chi connectivity index (χ4v) is 3.70. The minimum atomic E-state index is -1.27. The van der Waals surface area contributed by atoms with Crippen molar-refractivity contribution in [2.75, 3.05) is 0 Å². The molecule has 0 aliphatic carbocycles. The molecule has 4 aromatic rings. The SMILES string of the molecule is CC(C(=O)NC(N)=O)n1c(=O)c2c(ncn2Cc2ccccc2)n(Cc2ccccc2)c1=O. The Morgan fingerprint density at radius 1 is 0.970 bits per heavy atom. The molecule has 0 saturated carbocycles. The highest BCUT2D eigenvalue weighted by Gasteiger charge is 2.25. The van der Waals surface area contributed by atoms with Gasteiger partial charge in [0.05, 0.1) is 12.9 Å². The van der Waals surface area contributed by atoms with E-state index in [1.807, 2.05) is 66.0 Å². The molecule has 3 amide bonds. The van der Waals surface area contributed by atoms with E-state index in [1.165, 1.54) is 17.8 Å². The largest absolute Gasteiger partial charge is 0.351 e. The van der Waals surface area contributed by atoms with E-state index >= 15 is 0 Å². The number of aromatic nitrogens is 4. The van der Waals surface area contributed by atoms with E-state index in [4.69, 9.17) is 5.73 Å². The summed E-state index contributed by atoms with van der Waals surface area (Å²) in [5.74, 6) is -0.860. The molecule has 0 aliphatic heterocycles. The third-order valence-electron chi connectivity index (χ3n) is 5.32. The van der Waals surface area contributed by atoms with Crippen LogP contribution in [-0.4, -0.2) is 30.6 Å². The van der Waals surface area contributed by atoms with Crippen molar-refractivity contribution in [3.63, 3.8) is 0 Å². The van der Waals surface area contributed by atoms with E-state index < -0.39 is 29.2 Å². The Hall–Kier alpha value is -4.47. The number of urea groups is 1. The summed E-state index contributed by atoms with van der Waals surface area (Å²) in [6, 6.07) is 16.4. The summed E-state index contributed by atoms with van der Waals surface area (Å²) in [6.45, 7) is 1.85. The van der Waals surface area contributed by atoms with Crippen LogP contribution in [0.3, 0.4) is 0 Å². The van der Waals surface area contributed by atoms with Gasteiger partial charge in [-0.15, -0.1) is 0 Å². The molecule has 0 saturated heterocycles. The Kier molecular flexibility index (Phi) is 5.90. The Morgan fingerprint density at radius 3 is 2.12 bits per heavy atom. The molecule has 0 aliphatic rings. The lowest BCUT2D eigenvalue weighted by atomic mass is 10.2. The van der Waals surface area contributed by atoms with Crippen molar-refractivity contribution in [2.24, 2.45) is 5.73 Å². The summed E-state index contributed by atoms with van der Waals surface area (Å²) in [5, 5.41) is 1.93. The van der Waals surface area contributed by atoms with Gasteiger partial charge in [0.15, 0.2) is 11.2 Å². The summed E-state index contributed by atoms with van der Waals surface area (Å²) >= 11 is 0. The van der Waals surface area contributed by atoms with Gasteiger partial charge in [-0.2, -0.15) is 0 Å². The quantitative estimate of drug-likeness (QED) is 0.459. The number of benzene rings is 2. The Balaban J connectivity index is 1.93. The molecule has 0 radical (unpaired) electrons. The van der Waals surface area contributed by atoms with Crippen molar-refractivity contribution in [1.82, 2.24) is 24.0 Å². The van der Waals surface area contributed by atoms with Gasteiger partial charge in [-0.25, -0.2) is 19.1 Å². The van der Waals surface area contributed by atoms with Gasteiger partial charge in [-0.1, -0.05) is 60.7 Å². The molecular formula is C23H22N6O4. The summed E-state index contributed by atoms with van der Waals surface area (Å²) in [6.07, 6.45) is 1.50. The number of imide groups is 1. The molecule has 33 heavy (non-hydrogen) atoms. The Morgan fingerprint density at radius 2 is 1.55 bits per heavy atom. The zero-order valence-electron chi connectivity index (χ0n) is 17.8. The third kappa shape index (κ3) is 4.31. The van der Waals surface area contributed by atoms with Gasteiger partial charge in [0, 0.05) is 6.54 Å². The van der Waals surface area contributed by atoms with Crippen LogP contribution < -0.4 is 22.3 Å². The fraction of sp³-hybridized carbons (Fsp3) is 0.174. The number of amides is 3. The first kappa shape index (κ1) is 21.8. The van der Waals surface area contributed by atoms with Crippen molar-refractivity contribution in [1.29, 1.82) is 0 Å². The number of fused-ring (bicyclic) bond motifs is 1. The van der Waals surface area contributed by atoms with E-state index in [-0.39, 0.29) is 17.7 Å². The number of nitrogens with two attached hydrogens (primary N) is 1. The highest BCUT2D eigenvalue weighted by molar-refractivity contribution is 5.95. The summed E-state index contributed by atoms with van der Waals surface area (Å²) < 4.78 is 3.82. The van der Waals surface area contributed by atoms with Gasteiger partial charge >= 0.3 is 11.7 Å². The first-order valence-corrected chi connectivity index (χ1v) is 10.2. The standard InChI is InChI=1S/C23H22N6O4/c1-15(20(30)26-22(24)32)29-21(31)18-19(25-14-27(18)12-16-8-4-2-5-9-16)28(23(29)33)13-17-10-6-3-7-11-17/h2-11,14-15H,12-13H2,1H3,(H3,24,26,30,32). The minimum Gasteiger partial charge on any atom is -0.351 e. The van der Waals surface area contributed by atoms with Crippen LogP contribution in [0.5, 0.6) is 0 Å². The molecule has 3 N–H and O–H groups in total. The van der Waals surface area contributed by atoms with Crippen molar-refractivity contribution < 1.29 is 9.59 Å². The summed E-state index contributed by atoms with van der Waals surface area (Å²) in [4.78, 5) is 54.8. The van der Waals surface area contributed by atoms with Gasteiger partial charge < -0.3 is 10.3 Å². The van der Waals surface area contributed by atoms with Gasteiger partial charge in [0.1, 0.15) is 6.04 Å². The molecule has 0 spiro atoms. The van der Waals surface area contributed by atoms with Crippen LogP contribution in [0.1, 0.15) is 24.1 Å². The number of nitrogens with zero attached hydrogens (tertiary/aromatic N) is 4. The fourth-order valence-electron chi connectivity index (χ4n) is 3.70. The maximum absolute atomic E-state index is 13.5. The van der Waals surface area contributed by atoms with Gasteiger partial charge in [0.25, 0.3) is 11.5 Å². The highest BCUT2D eigenvalue weighted by atomic mass is 16.2. The van der Waals surface area contributed by atoms with Gasteiger partial charge in [-0.3, -0.25) is 19.5 Å². The van der Waals surface area contributed by atoms with Crippen LogP contribution in [-0.2, 0) is 17.9 Å². The lowest BCUT2D eigenvalue weighted by Crippen LogP contribution is -2.48. The second kappa shape index (κ2) is 8.95. The average Bonchev–Trinajstić information content (AvgIpc) is 3.21. The average molecular weight is 446 g/mol. The minimum absolute atomic E-state index is 0.142. The first-order chi connectivity index (χ1) is 15.9. The van der Waals surface area contributed by atoms with E-state index in [1.54, 1.807) is 4.57 Å². The van der Waals surface area contributed by atoms with Crippen LogP contribution >= 0.6 is 0 Å². The van der Waals surface area contributed by atoms with E-state index in [0.717, 1.165) is 15.7 Å². The van der Waals surface area contributed by atoms with Gasteiger partial charge in [0.2, 0.25) is 0 Å². The number of imidazole rings is 1. The van der Waals surface area contributed by atoms with E-state index in [0.29, 0.717) is 6.54 Å². The van der Waals surface area contributed by atoms with Crippen molar-refractivity contribution in [2.45, 2.75) is 26.1 Å². The normalized spacial score (nSPS) is 11.9. The number of nitrogens with one attached hydrogen (secondary N) is 1. The molecule has 10 heteroatoms. The molecule has 1 atom stereocenters. The van der Waals surface area contributed by atoms with Crippen LogP contribution in [0.2, 0.25) is 0 Å². The number of hydrogen-bond acceptors (Lipinski definition) is 5. The van der Waals surface area contributed by atoms with E-state index in [9.17, 15) is 19.2 Å². The maximum atomic E-state index is 13.5. The van der Waals surface area contributed by atoms with Crippen LogP contribution in [0.15, 0.2) is 76.6 Å². The van der Waals surface area contributed by atoms with E-state index in [2.05, 4.69) is 4.98 Å². The monoisotopic (exact) mass is 446 g/mol. The maximum Gasteiger partial charge on any atom is 0.333 e. The zero-order valence-corrected chi connectivity index (χ0v) is 17.8. The number of carbonyl (C=O) groups excluding carboxylic acids is 2. The second-order valence-corrected chi connectivity index (χ2v) is 7.59. The lowest BCUT2D eigenvalue weighted by Gasteiger charge is -2.17. The number of carbonyl (C=O) groups is 2. The molecule has 168 valence electrons. The van der Waals surface area contributed by atoms with Crippen LogP contribution in [0, 0.1) is 0 Å². The van der Waals surface area contributed by atoms with Crippen molar-refractivity contribution >= 4 is 23.1 Å². The number of primary amides is 1. The summed E-state index contributed by atoms with van der Waals surface area (Å²) in [5.41, 5.74) is 5.79. The lowest BCUT2D eigenvalue weighted by molar-refractivity contribution is -0.122. The molecule has 4 rings (SSSR count). The van der Waals surface area contributed by atoms with Crippen molar-refractivity contribution in [3.05, 3.63) is 99.0 Å².